The predicted molar refractivity (Wildman–Crippen MR) is 144 cm³/mol. The number of aromatic nitrogens is 3. The predicted octanol–water partition coefficient (Wildman–Crippen LogP) is 8.35. The number of hydrogen-bond acceptors (Lipinski definition) is 3. The highest BCUT2D eigenvalue weighted by molar-refractivity contribution is 6.28. The summed E-state index contributed by atoms with van der Waals surface area (Å²) in [5.41, 5.74) is 6.25. The van der Waals surface area contributed by atoms with E-state index in [1.807, 2.05) is 42.5 Å². The summed E-state index contributed by atoms with van der Waals surface area (Å²) >= 11 is 6.37. The van der Waals surface area contributed by atoms with Crippen LogP contribution in [0.15, 0.2) is 121 Å². The van der Waals surface area contributed by atoms with E-state index in [-0.39, 0.29) is 5.28 Å². The van der Waals surface area contributed by atoms with Crippen LogP contribution in [0, 0.1) is 0 Å². The Labute approximate surface area is 208 Å². The van der Waals surface area contributed by atoms with Gasteiger partial charge in [-0.05, 0) is 62.8 Å². The topological polar surface area (TPSA) is 38.7 Å². The minimum absolute atomic E-state index is 0.172. The lowest BCUT2D eigenvalue weighted by molar-refractivity contribution is 1.07. The molecule has 6 aromatic rings. The molecular weight excluding hydrogens is 450 g/mol. The molecule has 0 radical (unpaired) electrons. The largest absolute Gasteiger partial charge is 0.226 e. The Bertz CT molecular complexity index is 1660. The molecule has 0 N–H and O–H groups in total. The lowest BCUT2D eigenvalue weighted by Gasteiger charge is -2.09. The lowest BCUT2D eigenvalue weighted by atomic mass is 9.99. The van der Waals surface area contributed by atoms with E-state index in [4.69, 9.17) is 16.6 Å². The molecule has 5 aromatic carbocycles. The maximum Gasteiger partial charge on any atom is 0.226 e. The molecule has 3 nitrogen and oxygen atoms in total. The van der Waals surface area contributed by atoms with Gasteiger partial charge in [0.2, 0.25) is 5.28 Å². The average Bonchev–Trinajstić information content (AvgIpc) is 2.93. The summed E-state index contributed by atoms with van der Waals surface area (Å²) in [6.45, 7) is 0. The van der Waals surface area contributed by atoms with E-state index in [2.05, 4.69) is 88.8 Å². The second-order valence-corrected chi connectivity index (χ2v) is 8.68. The Morgan fingerprint density at radius 2 is 0.886 bits per heavy atom. The molecule has 6 rings (SSSR count). The molecule has 35 heavy (non-hydrogen) atoms. The number of rotatable bonds is 4. The van der Waals surface area contributed by atoms with Crippen LogP contribution in [-0.4, -0.2) is 15.0 Å². The number of nitrogens with zero attached hydrogens (tertiary/aromatic N) is 3. The van der Waals surface area contributed by atoms with Gasteiger partial charge in [-0.3, -0.25) is 0 Å². The number of benzene rings is 5. The molecule has 0 fully saturated rings. The van der Waals surface area contributed by atoms with Crippen molar-refractivity contribution in [3.8, 4) is 45.0 Å². The highest BCUT2D eigenvalue weighted by Crippen LogP contribution is 2.30. The van der Waals surface area contributed by atoms with Crippen LogP contribution in [0.4, 0.5) is 0 Å². The third-order valence-corrected chi connectivity index (χ3v) is 6.21. The van der Waals surface area contributed by atoms with Gasteiger partial charge in [0.25, 0.3) is 0 Å². The van der Waals surface area contributed by atoms with Gasteiger partial charge in [0, 0.05) is 11.1 Å². The standard InChI is InChI=1S/C31H20ClN3/c32-31-34-29(27-14-6-12-24(19-27)21-8-2-1-3-9-21)33-30(35-31)28-15-7-13-25(20-28)26-17-16-22-10-4-5-11-23(22)18-26/h1-20H. The first kappa shape index (κ1) is 21.2. The van der Waals surface area contributed by atoms with Crippen molar-refractivity contribution in [2.45, 2.75) is 0 Å². The second kappa shape index (κ2) is 9.13. The first-order valence-corrected chi connectivity index (χ1v) is 11.8. The zero-order valence-corrected chi connectivity index (χ0v) is 19.5. The Morgan fingerprint density at radius 3 is 1.57 bits per heavy atom. The fourth-order valence-corrected chi connectivity index (χ4v) is 4.44. The molecular formula is C31H20ClN3. The lowest BCUT2D eigenvalue weighted by Crippen LogP contribution is -1.97. The molecule has 0 saturated heterocycles. The Hall–Kier alpha value is -4.34. The van der Waals surface area contributed by atoms with Gasteiger partial charge in [-0.25, -0.2) is 4.98 Å². The van der Waals surface area contributed by atoms with Crippen LogP contribution in [0.1, 0.15) is 0 Å². The van der Waals surface area contributed by atoms with Crippen molar-refractivity contribution in [3.63, 3.8) is 0 Å². The maximum atomic E-state index is 6.37. The molecule has 0 bridgehead atoms. The van der Waals surface area contributed by atoms with Crippen LogP contribution < -0.4 is 0 Å². The van der Waals surface area contributed by atoms with E-state index in [0.717, 1.165) is 33.4 Å². The van der Waals surface area contributed by atoms with Gasteiger partial charge < -0.3 is 0 Å². The van der Waals surface area contributed by atoms with Crippen molar-refractivity contribution >= 4 is 22.4 Å². The third kappa shape index (κ3) is 4.42. The SMILES string of the molecule is Clc1nc(-c2cccc(-c3ccccc3)c2)nc(-c2cccc(-c3ccc4ccccc4c3)c2)n1. The molecule has 1 heterocycles. The second-order valence-electron chi connectivity index (χ2n) is 8.34. The molecule has 0 amide bonds. The molecule has 166 valence electrons. The molecule has 0 aliphatic heterocycles. The van der Waals surface area contributed by atoms with Crippen molar-refractivity contribution in [2.75, 3.05) is 0 Å². The first-order chi connectivity index (χ1) is 17.2. The van der Waals surface area contributed by atoms with E-state index >= 15 is 0 Å². The van der Waals surface area contributed by atoms with Crippen molar-refractivity contribution < 1.29 is 0 Å². The fourth-order valence-electron chi connectivity index (χ4n) is 4.28. The van der Waals surface area contributed by atoms with Crippen molar-refractivity contribution in [1.82, 2.24) is 15.0 Å². The average molecular weight is 470 g/mol. The van der Waals surface area contributed by atoms with Gasteiger partial charge >= 0.3 is 0 Å². The van der Waals surface area contributed by atoms with Crippen LogP contribution in [0.3, 0.4) is 0 Å². The number of halogens is 1. The number of hydrogen-bond donors (Lipinski definition) is 0. The first-order valence-electron chi connectivity index (χ1n) is 11.4. The van der Waals surface area contributed by atoms with Gasteiger partial charge in [0.05, 0.1) is 0 Å². The molecule has 0 unspecified atom stereocenters. The van der Waals surface area contributed by atoms with Crippen LogP contribution in [-0.2, 0) is 0 Å². The molecule has 0 aliphatic carbocycles. The van der Waals surface area contributed by atoms with Gasteiger partial charge in [0.15, 0.2) is 11.6 Å². The highest BCUT2D eigenvalue weighted by Gasteiger charge is 2.11. The Kier molecular flexibility index (Phi) is 5.53. The highest BCUT2D eigenvalue weighted by atomic mass is 35.5. The summed E-state index contributed by atoms with van der Waals surface area (Å²) in [6.07, 6.45) is 0. The van der Waals surface area contributed by atoms with Crippen molar-refractivity contribution in [1.29, 1.82) is 0 Å². The quantitative estimate of drug-likeness (QED) is 0.260. The van der Waals surface area contributed by atoms with Crippen molar-refractivity contribution in [3.05, 3.63) is 127 Å². The van der Waals surface area contributed by atoms with Crippen molar-refractivity contribution in [2.24, 2.45) is 0 Å². The zero-order valence-electron chi connectivity index (χ0n) is 18.8. The third-order valence-electron chi connectivity index (χ3n) is 6.04. The van der Waals surface area contributed by atoms with E-state index in [9.17, 15) is 0 Å². The van der Waals surface area contributed by atoms with Crippen LogP contribution >= 0.6 is 11.6 Å². The Morgan fingerprint density at radius 1 is 0.371 bits per heavy atom. The van der Waals surface area contributed by atoms with Gasteiger partial charge in [-0.2, -0.15) is 9.97 Å². The molecule has 0 saturated carbocycles. The molecule has 0 atom stereocenters. The van der Waals surface area contributed by atoms with Crippen LogP contribution in [0.5, 0.6) is 0 Å². The molecule has 1 aromatic heterocycles. The maximum absolute atomic E-state index is 6.37. The van der Waals surface area contributed by atoms with Crippen LogP contribution in [0.25, 0.3) is 55.8 Å². The van der Waals surface area contributed by atoms with E-state index in [0.29, 0.717) is 11.6 Å². The molecule has 4 heteroatoms. The summed E-state index contributed by atoms with van der Waals surface area (Å²) in [5, 5.41) is 2.60. The smallest absolute Gasteiger partial charge is 0.208 e. The van der Waals surface area contributed by atoms with Gasteiger partial charge in [-0.15, -0.1) is 0 Å². The summed E-state index contributed by atoms with van der Waals surface area (Å²) in [4.78, 5) is 13.6. The normalized spacial score (nSPS) is 11.0. The van der Waals surface area contributed by atoms with Crippen LogP contribution in [0.2, 0.25) is 5.28 Å². The number of fused-ring (bicyclic) bond motifs is 1. The van der Waals surface area contributed by atoms with E-state index in [1.54, 1.807) is 0 Å². The van der Waals surface area contributed by atoms with Gasteiger partial charge in [0.1, 0.15) is 0 Å². The van der Waals surface area contributed by atoms with E-state index in [1.165, 1.54) is 10.8 Å². The zero-order chi connectivity index (χ0) is 23.6. The summed E-state index contributed by atoms with van der Waals surface area (Å²) < 4.78 is 0. The summed E-state index contributed by atoms with van der Waals surface area (Å²) in [7, 11) is 0. The molecule has 0 aliphatic rings. The Balaban J connectivity index is 1.39. The van der Waals surface area contributed by atoms with Gasteiger partial charge in [-0.1, -0.05) is 103 Å². The summed E-state index contributed by atoms with van der Waals surface area (Å²) in [6, 6.07) is 41.5. The monoisotopic (exact) mass is 469 g/mol. The minimum Gasteiger partial charge on any atom is -0.208 e. The fraction of sp³-hybridized carbons (Fsp3) is 0. The van der Waals surface area contributed by atoms with E-state index < -0.39 is 0 Å². The summed E-state index contributed by atoms with van der Waals surface area (Å²) in [5.74, 6) is 1.10. The minimum atomic E-state index is 0.172. The molecule has 0 spiro atoms.